The fraction of sp³-hybridized carbons (Fsp3) is 0.200. The summed E-state index contributed by atoms with van der Waals surface area (Å²) in [5.74, 6) is 1.12. The van der Waals surface area contributed by atoms with Crippen molar-refractivity contribution in [2.45, 2.75) is 17.4 Å². The van der Waals surface area contributed by atoms with Crippen molar-refractivity contribution in [3.05, 3.63) is 47.0 Å². The van der Waals surface area contributed by atoms with Gasteiger partial charge < -0.3 is 0 Å². The second-order valence-corrected chi connectivity index (χ2v) is 7.64. The Balaban J connectivity index is 1.73. The second-order valence-electron chi connectivity index (χ2n) is 4.95. The molecule has 0 saturated heterocycles. The summed E-state index contributed by atoms with van der Waals surface area (Å²) < 4.78 is 8.98. The van der Waals surface area contributed by atoms with E-state index in [-0.39, 0.29) is 21.0 Å². The Labute approximate surface area is 138 Å². The van der Waals surface area contributed by atoms with Gasteiger partial charge >= 0.3 is 138 Å². The van der Waals surface area contributed by atoms with Crippen LogP contribution in [-0.2, 0) is 0 Å². The summed E-state index contributed by atoms with van der Waals surface area (Å²) in [6.45, 7) is 0. The van der Waals surface area contributed by atoms with E-state index in [2.05, 4.69) is 31.5 Å². The number of anilines is 1. The molecule has 0 aliphatic carbocycles. The molecule has 1 aliphatic rings. The summed E-state index contributed by atoms with van der Waals surface area (Å²) >= 11 is 8.07. The van der Waals surface area contributed by atoms with Gasteiger partial charge in [0.25, 0.3) is 0 Å². The zero-order valence-corrected chi connectivity index (χ0v) is 14.3. The van der Waals surface area contributed by atoms with Crippen LogP contribution in [0.4, 0.5) is 5.69 Å². The van der Waals surface area contributed by atoms with Crippen molar-refractivity contribution in [3.63, 3.8) is 0 Å². The molecule has 1 aliphatic heterocycles. The summed E-state index contributed by atoms with van der Waals surface area (Å²) in [7, 11) is 0. The number of nitrogens with one attached hydrogen (secondary N) is 1. The molecule has 0 radical (unpaired) electrons. The van der Waals surface area contributed by atoms with E-state index in [0.717, 1.165) is 33.9 Å². The molecule has 6 heteroatoms. The summed E-state index contributed by atoms with van der Waals surface area (Å²) in [5, 5.41) is 4.44. The molecular weight excluding hydrogens is 369 g/mol. The molecule has 21 heavy (non-hydrogen) atoms. The first kappa shape index (κ1) is 13.6. The van der Waals surface area contributed by atoms with Crippen LogP contribution in [0.15, 0.2) is 41.3 Å². The van der Waals surface area contributed by atoms with Crippen molar-refractivity contribution in [2.75, 3.05) is 11.1 Å². The van der Waals surface area contributed by atoms with E-state index in [1.165, 1.54) is 10.5 Å². The molecule has 0 spiro atoms. The van der Waals surface area contributed by atoms with E-state index in [0.29, 0.717) is 0 Å². The molecule has 3 aromatic rings. The van der Waals surface area contributed by atoms with Gasteiger partial charge in [0, 0.05) is 0 Å². The maximum absolute atomic E-state index is 6.17. The van der Waals surface area contributed by atoms with Crippen molar-refractivity contribution in [1.29, 1.82) is 0 Å². The predicted octanol–water partition coefficient (Wildman–Crippen LogP) is 3.99. The van der Waals surface area contributed by atoms with Crippen molar-refractivity contribution in [3.8, 4) is 0 Å². The number of rotatable bonds is 2. The number of fused-ring (bicyclic) bond motifs is 2. The molecule has 2 aromatic carbocycles. The molecule has 1 aromatic heterocycles. The number of halogens is 1. The molecular formula is C15H12ClN3SSe. The minimum atomic E-state index is 0.00372. The van der Waals surface area contributed by atoms with Gasteiger partial charge in [0.05, 0.1) is 0 Å². The van der Waals surface area contributed by atoms with Crippen LogP contribution in [0.5, 0.6) is 0 Å². The standard InChI is InChI=1S/C15H12ClN3SSe/c16-9-4-5-14-10(8-9)11(6-7-20-14)17-12-2-1-3-13-15(12)19-21-18-13/h1-5,8,11,17H,6-7H2. The van der Waals surface area contributed by atoms with Crippen LogP contribution < -0.4 is 5.32 Å². The van der Waals surface area contributed by atoms with E-state index in [4.69, 9.17) is 11.6 Å². The number of aromatic nitrogens is 2. The number of hydrogen-bond donors (Lipinski definition) is 1. The summed E-state index contributed by atoms with van der Waals surface area (Å²) in [4.78, 5) is 1.32. The Morgan fingerprint density at radius 1 is 1.24 bits per heavy atom. The summed E-state index contributed by atoms with van der Waals surface area (Å²) in [6.07, 6.45) is 1.09. The predicted molar refractivity (Wildman–Crippen MR) is 89.6 cm³/mol. The van der Waals surface area contributed by atoms with Gasteiger partial charge in [-0.05, 0) is 0 Å². The van der Waals surface area contributed by atoms with Gasteiger partial charge in [-0.1, -0.05) is 0 Å². The fourth-order valence-electron chi connectivity index (χ4n) is 2.63. The normalized spacial score (nSPS) is 17.7. The van der Waals surface area contributed by atoms with E-state index in [1.807, 2.05) is 30.0 Å². The van der Waals surface area contributed by atoms with Crippen LogP contribution >= 0.6 is 23.4 Å². The molecule has 3 nitrogen and oxygen atoms in total. The van der Waals surface area contributed by atoms with E-state index < -0.39 is 0 Å². The Morgan fingerprint density at radius 3 is 3.14 bits per heavy atom. The zero-order chi connectivity index (χ0) is 14.2. The third-order valence-corrected chi connectivity index (χ3v) is 6.12. The molecule has 0 amide bonds. The van der Waals surface area contributed by atoms with Gasteiger partial charge in [0.2, 0.25) is 0 Å². The van der Waals surface area contributed by atoms with Crippen molar-refractivity contribution < 1.29 is 0 Å². The van der Waals surface area contributed by atoms with Gasteiger partial charge in [-0.2, -0.15) is 0 Å². The number of hydrogen-bond acceptors (Lipinski definition) is 4. The van der Waals surface area contributed by atoms with E-state index in [1.54, 1.807) is 0 Å². The Bertz CT molecular complexity index is 804. The Morgan fingerprint density at radius 2 is 2.19 bits per heavy atom. The third kappa shape index (κ3) is 2.59. The molecule has 1 atom stereocenters. The number of thioether (sulfide) groups is 1. The van der Waals surface area contributed by atoms with Crippen LogP contribution in [0.3, 0.4) is 0 Å². The molecule has 4 rings (SSSR count). The molecule has 106 valence electrons. The first-order valence-electron chi connectivity index (χ1n) is 6.71. The fourth-order valence-corrected chi connectivity index (χ4v) is 5.06. The number of nitrogens with zero attached hydrogens (tertiary/aromatic N) is 2. The van der Waals surface area contributed by atoms with Crippen LogP contribution in [0.1, 0.15) is 18.0 Å². The third-order valence-electron chi connectivity index (χ3n) is 3.63. The molecule has 0 bridgehead atoms. The molecule has 1 unspecified atom stereocenters. The van der Waals surface area contributed by atoms with Gasteiger partial charge in [-0.3, -0.25) is 0 Å². The first-order chi connectivity index (χ1) is 10.3. The molecule has 1 N–H and O–H groups in total. The SMILES string of the molecule is Clc1ccc2c(c1)C(Nc1cccc3n[se]nc13)CCS2. The monoisotopic (exact) mass is 381 g/mol. The quantitative estimate of drug-likeness (QED) is 0.682. The first-order valence-corrected chi connectivity index (χ1v) is 9.61. The molecule has 0 saturated carbocycles. The van der Waals surface area contributed by atoms with Crippen molar-refractivity contribution in [2.24, 2.45) is 0 Å². The maximum atomic E-state index is 6.17. The average Bonchev–Trinajstić information content (AvgIpc) is 2.97. The van der Waals surface area contributed by atoms with E-state index in [9.17, 15) is 0 Å². The van der Waals surface area contributed by atoms with Gasteiger partial charge in [0.1, 0.15) is 0 Å². The second kappa shape index (κ2) is 5.65. The van der Waals surface area contributed by atoms with Gasteiger partial charge in [0.15, 0.2) is 0 Å². The zero-order valence-electron chi connectivity index (χ0n) is 11.0. The Kier molecular flexibility index (Phi) is 3.67. The van der Waals surface area contributed by atoms with Gasteiger partial charge in [-0.15, -0.1) is 0 Å². The molecule has 0 fully saturated rings. The van der Waals surface area contributed by atoms with E-state index >= 15 is 0 Å². The van der Waals surface area contributed by atoms with Crippen LogP contribution in [0, 0.1) is 0 Å². The topological polar surface area (TPSA) is 37.8 Å². The minimum absolute atomic E-state index is 0.00372. The van der Waals surface area contributed by atoms with Crippen LogP contribution in [-0.4, -0.2) is 28.7 Å². The van der Waals surface area contributed by atoms with Crippen molar-refractivity contribution in [1.82, 2.24) is 7.96 Å². The van der Waals surface area contributed by atoms with Crippen molar-refractivity contribution >= 4 is 55.0 Å². The molecule has 2 heterocycles. The average molecular weight is 381 g/mol. The summed E-state index contributed by atoms with van der Waals surface area (Å²) in [5.41, 5.74) is 4.39. The van der Waals surface area contributed by atoms with Crippen LogP contribution in [0.2, 0.25) is 5.02 Å². The number of benzene rings is 2. The van der Waals surface area contributed by atoms with Crippen LogP contribution in [0.25, 0.3) is 11.0 Å². The Hall–Kier alpha value is -1.00. The summed E-state index contributed by atoms with van der Waals surface area (Å²) in [6, 6.07) is 12.6. The van der Waals surface area contributed by atoms with Gasteiger partial charge in [-0.25, -0.2) is 0 Å².